The second-order valence-corrected chi connectivity index (χ2v) is 8.17. The van der Waals surface area contributed by atoms with Crippen LogP contribution in [0.2, 0.25) is 0 Å². The van der Waals surface area contributed by atoms with Crippen molar-refractivity contribution in [3.63, 3.8) is 0 Å². The van der Waals surface area contributed by atoms with Crippen LogP contribution in [-0.2, 0) is 6.42 Å². The molecule has 24 heavy (non-hydrogen) atoms. The molecule has 2 aromatic rings. The predicted molar refractivity (Wildman–Crippen MR) is 101 cm³/mol. The summed E-state index contributed by atoms with van der Waals surface area (Å²) >= 11 is 1.74. The first-order valence-electron chi connectivity index (χ1n) is 8.38. The van der Waals surface area contributed by atoms with E-state index >= 15 is 0 Å². The number of anilines is 1. The average Bonchev–Trinajstić information content (AvgIpc) is 3.16. The van der Waals surface area contributed by atoms with Gasteiger partial charge in [0, 0.05) is 29.2 Å². The molecule has 1 atom stereocenters. The van der Waals surface area contributed by atoms with Gasteiger partial charge in [0.05, 0.1) is 6.04 Å². The van der Waals surface area contributed by atoms with Crippen LogP contribution in [0.5, 0.6) is 0 Å². The van der Waals surface area contributed by atoms with Gasteiger partial charge in [0.2, 0.25) is 0 Å². The topological polar surface area (TPSA) is 44.4 Å². The summed E-state index contributed by atoms with van der Waals surface area (Å²) in [6.45, 7) is 7.54. The second kappa shape index (κ2) is 6.85. The quantitative estimate of drug-likeness (QED) is 0.883. The van der Waals surface area contributed by atoms with Gasteiger partial charge < -0.3 is 15.5 Å². The molecule has 0 bridgehead atoms. The van der Waals surface area contributed by atoms with Crippen molar-refractivity contribution < 1.29 is 4.79 Å². The number of amides is 2. The molecule has 1 aromatic carbocycles. The molecule has 2 N–H and O–H groups in total. The minimum Gasteiger partial charge on any atom is -0.361 e. The second-order valence-electron chi connectivity index (χ2n) is 7.19. The minimum atomic E-state index is -0.233. The fourth-order valence-corrected chi connectivity index (χ4v) is 3.95. The third kappa shape index (κ3) is 3.90. The molecule has 0 unspecified atom stereocenters. The number of carbonyl (C=O) groups excluding carboxylic acids is 1. The van der Waals surface area contributed by atoms with Crippen LogP contribution in [0.3, 0.4) is 0 Å². The lowest BCUT2D eigenvalue weighted by molar-refractivity contribution is 0.231. The van der Waals surface area contributed by atoms with Gasteiger partial charge in [0.15, 0.2) is 0 Å². The molecule has 0 fully saturated rings. The first kappa shape index (κ1) is 16.8. The number of nitrogens with one attached hydrogen (secondary N) is 2. The molecule has 0 aliphatic carbocycles. The highest BCUT2D eigenvalue weighted by Gasteiger charge is 2.28. The van der Waals surface area contributed by atoms with Crippen LogP contribution >= 0.6 is 11.3 Å². The van der Waals surface area contributed by atoms with E-state index in [9.17, 15) is 4.79 Å². The summed E-state index contributed by atoms with van der Waals surface area (Å²) in [7, 11) is 0. The number of hydrogen-bond donors (Lipinski definition) is 2. The van der Waals surface area contributed by atoms with Crippen molar-refractivity contribution in [1.82, 2.24) is 10.6 Å². The van der Waals surface area contributed by atoms with E-state index < -0.39 is 0 Å². The number of thiophene rings is 1. The first-order chi connectivity index (χ1) is 11.4. The van der Waals surface area contributed by atoms with Gasteiger partial charge in [-0.15, -0.1) is 11.3 Å². The van der Waals surface area contributed by atoms with Crippen molar-refractivity contribution in [3.8, 4) is 0 Å². The van der Waals surface area contributed by atoms with Crippen LogP contribution in [-0.4, -0.2) is 24.7 Å². The largest absolute Gasteiger partial charge is 0.361 e. The van der Waals surface area contributed by atoms with E-state index in [4.69, 9.17) is 0 Å². The lowest BCUT2D eigenvalue weighted by Gasteiger charge is -2.30. The Labute approximate surface area is 147 Å². The monoisotopic (exact) mass is 343 g/mol. The third-order valence-electron chi connectivity index (χ3n) is 4.12. The number of fused-ring (bicyclic) bond motifs is 1. The SMILES string of the molecule is CC(C)(C)NC(=O)NC[C@@H](c1cccs1)N1CCc2ccccc21. The zero-order chi connectivity index (χ0) is 17.2. The van der Waals surface area contributed by atoms with Gasteiger partial charge in [-0.25, -0.2) is 4.79 Å². The molecule has 3 rings (SSSR count). The van der Waals surface area contributed by atoms with Crippen LogP contribution in [0.15, 0.2) is 41.8 Å². The van der Waals surface area contributed by atoms with Crippen molar-refractivity contribution in [2.45, 2.75) is 38.8 Å². The highest BCUT2D eigenvalue weighted by Crippen LogP contribution is 2.36. The van der Waals surface area contributed by atoms with Crippen molar-refractivity contribution >= 4 is 23.1 Å². The molecule has 0 radical (unpaired) electrons. The number of carbonyl (C=O) groups is 1. The van der Waals surface area contributed by atoms with Crippen LogP contribution in [0, 0.1) is 0 Å². The van der Waals surface area contributed by atoms with Gasteiger partial charge in [0.25, 0.3) is 0 Å². The number of benzene rings is 1. The smallest absolute Gasteiger partial charge is 0.315 e. The Kier molecular flexibility index (Phi) is 4.81. The van der Waals surface area contributed by atoms with Crippen LogP contribution < -0.4 is 15.5 Å². The summed E-state index contributed by atoms with van der Waals surface area (Å²) in [6, 6.07) is 12.8. The molecule has 5 heteroatoms. The lowest BCUT2D eigenvalue weighted by Crippen LogP contribution is -2.48. The molecule has 2 amide bonds. The van der Waals surface area contributed by atoms with Crippen molar-refractivity contribution in [3.05, 3.63) is 52.2 Å². The minimum absolute atomic E-state index is 0.114. The highest BCUT2D eigenvalue weighted by molar-refractivity contribution is 7.10. The van der Waals surface area contributed by atoms with E-state index in [2.05, 4.69) is 57.3 Å². The van der Waals surface area contributed by atoms with Crippen molar-refractivity contribution in [2.75, 3.05) is 18.0 Å². The lowest BCUT2D eigenvalue weighted by atomic mass is 10.1. The molecule has 0 saturated heterocycles. The molecule has 0 saturated carbocycles. The third-order valence-corrected chi connectivity index (χ3v) is 5.09. The molecule has 2 heterocycles. The molecule has 1 aliphatic heterocycles. The molecular weight excluding hydrogens is 318 g/mol. The maximum absolute atomic E-state index is 12.2. The number of rotatable bonds is 4. The van der Waals surface area contributed by atoms with Crippen molar-refractivity contribution in [2.24, 2.45) is 0 Å². The van der Waals surface area contributed by atoms with Crippen LogP contribution in [0.25, 0.3) is 0 Å². The van der Waals surface area contributed by atoms with Gasteiger partial charge in [0.1, 0.15) is 0 Å². The summed E-state index contributed by atoms with van der Waals surface area (Å²) in [5, 5.41) is 8.11. The number of nitrogens with zero attached hydrogens (tertiary/aromatic N) is 1. The Morgan fingerprint density at radius 1 is 1.25 bits per heavy atom. The van der Waals surface area contributed by atoms with Gasteiger partial charge >= 0.3 is 6.03 Å². The summed E-state index contributed by atoms with van der Waals surface area (Å²) in [5.74, 6) is 0. The van der Waals surface area contributed by atoms with Gasteiger partial charge in [-0.05, 0) is 50.3 Å². The van der Waals surface area contributed by atoms with Gasteiger partial charge in [-0.3, -0.25) is 0 Å². The maximum Gasteiger partial charge on any atom is 0.315 e. The zero-order valence-electron chi connectivity index (χ0n) is 14.5. The van der Waals surface area contributed by atoms with E-state index in [0.717, 1.165) is 13.0 Å². The van der Waals surface area contributed by atoms with E-state index in [1.54, 1.807) is 11.3 Å². The van der Waals surface area contributed by atoms with Crippen LogP contribution in [0.4, 0.5) is 10.5 Å². The fourth-order valence-electron chi connectivity index (χ4n) is 3.11. The number of hydrogen-bond acceptors (Lipinski definition) is 3. The Morgan fingerprint density at radius 2 is 2.04 bits per heavy atom. The van der Waals surface area contributed by atoms with Gasteiger partial charge in [-0.1, -0.05) is 24.3 Å². The van der Waals surface area contributed by atoms with E-state index in [1.165, 1.54) is 16.1 Å². The average molecular weight is 343 g/mol. The molecule has 0 spiro atoms. The molecular formula is C19H25N3OS. The van der Waals surface area contributed by atoms with E-state index in [0.29, 0.717) is 6.54 Å². The Balaban J connectivity index is 1.75. The molecule has 1 aromatic heterocycles. The summed E-state index contributed by atoms with van der Waals surface area (Å²) in [6.07, 6.45) is 1.06. The van der Waals surface area contributed by atoms with E-state index in [1.807, 2.05) is 20.8 Å². The van der Waals surface area contributed by atoms with Crippen molar-refractivity contribution in [1.29, 1.82) is 0 Å². The van der Waals surface area contributed by atoms with Crippen LogP contribution in [0.1, 0.15) is 37.3 Å². The standard InChI is InChI=1S/C19H25N3OS/c1-19(2,3)21-18(23)20-13-16(17-9-6-12-24-17)22-11-10-14-7-4-5-8-15(14)22/h4-9,12,16H,10-11,13H2,1-3H3,(H2,20,21,23)/t16-/m0/s1. The number of para-hydroxylation sites is 1. The zero-order valence-corrected chi connectivity index (χ0v) is 15.3. The summed E-state index contributed by atoms with van der Waals surface area (Å²) < 4.78 is 0. The van der Waals surface area contributed by atoms with E-state index in [-0.39, 0.29) is 17.6 Å². The first-order valence-corrected chi connectivity index (χ1v) is 9.26. The summed E-state index contributed by atoms with van der Waals surface area (Å²) in [5.41, 5.74) is 2.44. The molecule has 128 valence electrons. The maximum atomic E-state index is 12.2. The Hall–Kier alpha value is -2.01. The Bertz CT molecular complexity index is 691. The fraction of sp³-hybridized carbons (Fsp3) is 0.421. The van der Waals surface area contributed by atoms with Gasteiger partial charge in [-0.2, -0.15) is 0 Å². The molecule has 4 nitrogen and oxygen atoms in total. The highest BCUT2D eigenvalue weighted by atomic mass is 32.1. The number of urea groups is 1. The molecule has 1 aliphatic rings. The Morgan fingerprint density at radius 3 is 2.75 bits per heavy atom. The predicted octanol–water partition coefficient (Wildman–Crippen LogP) is 3.95. The summed E-state index contributed by atoms with van der Waals surface area (Å²) in [4.78, 5) is 15.9. The normalized spacial score (nSPS) is 15.0.